The van der Waals surface area contributed by atoms with E-state index < -0.39 is 0 Å². The van der Waals surface area contributed by atoms with Crippen LogP contribution in [0, 0.1) is 11.8 Å². The minimum Gasteiger partial charge on any atom is -0.342 e. The molecule has 0 aromatic carbocycles. The molecule has 0 aromatic rings. The van der Waals surface area contributed by atoms with Gasteiger partial charge in [0.2, 0.25) is 5.91 Å². The number of carbonyl (C=O) groups excluding carboxylic acids is 1. The number of hydrogen-bond acceptors (Lipinski definition) is 2. The largest absolute Gasteiger partial charge is 0.342 e. The van der Waals surface area contributed by atoms with Gasteiger partial charge in [-0.15, -0.1) is 0 Å². The number of nitrogens with one attached hydrogen (secondary N) is 1. The molecule has 3 aliphatic rings. The number of fused-ring (bicyclic) bond motifs is 2. The van der Waals surface area contributed by atoms with Crippen LogP contribution in [0.2, 0.25) is 0 Å². The van der Waals surface area contributed by atoms with Crippen LogP contribution >= 0.6 is 0 Å². The predicted octanol–water partition coefficient (Wildman–Crippen LogP) is 0.0726. The van der Waals surface area contributed by atoms with Gasteiger partial charge in [0.05, 0.1) is 0 Å². The van der Waals surface area contributed by atoms with E-state index in [4.69, 9.17) is 0 Å². The summed E-state index contributed by atoms with van der Waals surface area (Å²) in [7, 11) is 1.93. The first-order chi connectivity index (χ1) is 5.70. The van der Waals surface area contributed by atoms with Gasteiger partial charge in [0.15, 0.2) is 0 Å². The fourth-order valence-electron chi connectivity index (χ4n) is 2.56. The van der Waals surface area contributed by atoms with Gasteiger partial charge in [-0.05, 0) is 31.3 Å². The summed E-state index contributed by atoms with van der Waals surface area (Å²) in [5.74, 6) is 1.65. The Morgan fingerprint density at radius 2 is 2.00 bits per heavy atom. The SMILES string of the molecule is CC(=O)N(C)C1C2CNCC1C2. The van der Waals surface area contributed by atoms with Crippen LogP contribution in [-0.4, -0.2) is 37.0 Å². The molecule has 0 aromatic heterocycles. The summed E-state index contributed by atoms with van der Waals surface area (Å²) in [5, 5.41) is 3.37. The van der Waals surface area contributed by atoms with Crippen molar-refractivity contribution >= 4 is 5.91 Å². The Kier molecular flexibility index (Phi) is 1.83. The van der Waals surface area contributed by atoms with Crippen LogP contribution in [0.5, 0.6) is 0 Å². The lowest BCUT2D eigenvalue weighted by Gasteiger charge is -2.53. The third-order valence-corrected chi connectivity index (χ3v) is 3.33. The molecule has 1 amide bonds. The molecular weight excluding hydrogens is 152 g/mol. The molecular formula is C9H16N2O. The van der Waals surface area contributed by atoms with Crippen molar-refractivity contribution in [2.24, 2.45) is 11.8 Å². The highest BCUT2D eigenvalue weighted by Gasteiger charge is 2.46. The second-order valence-electron chi connectivity index (χ2n) is 4.03. The summed E-state index contributed by atoms with van der Waals surface area (Å²) < 4.78 is 0. The highest BCUT2D eigenvalue weighted by molar-refractivity contribution is 5.73. The summed E-state index contributed by atoms with van der Waals surface area (Å²) in [5.41, 5.74) is 0. The van der Waals surface area contributed by atoms with Gasteiger partial charge in [0.25, 0.3) is 0 Å². The van der Waals surface area contributed by atoms with Crippen LogP contribution in [0.25, 0.3) is 0 Å². The minimum atomic E-state index is 0.205. The van der Waals surface area contributed by atoms with Crippen LogP contribution < -0.4 is 5.32 Å². The number of nitrogens with zero attached hydrogens (tertiary/aromatic N) is 1. The fraction of sp³-hybridized carbons (Fsp3) is 0.889. The summed E-state index contributed by atoms with van der Waals surface area (Å²) in [6.07, 6.45) is 1.31. The molecule has 3 nitrogen and oxygen atoms in total. The van der Waals surface area contributed by atoms with Crippen molar-refractivity contribution in [3.63, 3.8) is 0 Å². The molecule has 2 aliphatic heterocycles. The smallest absolute Gasteiger partial charge is 0.219 e. The van der Waals surface area contributed by atoms with E-state index in [-0.39, 0.29) is 5.91 Å². The lowest BCUT2D eigenvalue weighted by atomic mass is 9.66. The molecule has 3 heteroatoms. The van der Waals surface area contributed by atoms with E-state index >= 15 is 0 Å². The van der Waals surface area contributed by atoms with E-state index in [1.165, 1.54) is 6.42 Å². The molecule has 1 N–H and O–H groups in total. The molecule has 1 saturated carbocycles. The molecule has 3 rings (SSSR count). The Balaban J connectivity index is 2.01. The van der Waals surface area contributed by atoms with Crippen molar-refractivity contribution in [3.8, 4) is 0 Å². The molecule has 2 saturated heterocycles. The Labute approximate surface area is 73.1 Å². The van der Waals surface area contributed by atoms with Gasteiger partial charge in [-0.25, -0.2) is 0 Å². The molecule has 12 heavy (non-hydrogen) atoms. The average molecular weight is 168 g/mol. The molecule has 1 aliphatic carbocycles. The number of rotatable bonds is 1. The van der Waals surface area contributed by atoms with Crippen molar-refractivity contribution < 1.29 is 4.79 Å². The quantitative estimate of drug-likeness (QED) is 0.601. The highest BCUT2D eigenvalue weighted by Crippen LogP contribution is 2.39. The number of amides is 1. The molecule has 3 fully saturated rings. The molecule has 68 valence electrons. The van der Waals surface area contributed by atoms with Gasteiger partial charge < -0.3 is 10.2 Å². The Bertz CT molecular complexity index is 191. The Morgan fingerprint density at radius 3 is 2.42 bits per heavy atom. The topological polar surface area (TPSA) is 32.3 Å². The van der Waals surface area contributed by atoms with Crippen LogP contribution in [0.3, 0.4) is 0 Å². The van der Waals surface area contributed by atoms with Gasteiger partial charge in [0.1, 0.15) is 0 Å². The first kappa shape index (κ1) is 8.05. The van der Waals surface area contributed by atoms with E-state index in [0.717, 1.165) is 24.9 Å². The van der Waals surface area contributed by atoms with Gasteiger partial charge in [-0.2, -0.15) is 0 Å². The first-order valence-corrected chi connectivity index (χ1v) is 4.64. The second-order valence-corrected chi connectivity index (χ2v) is 4.03. The first-order valence-electron chi connectivity index (χ1n) is 4.64. The summed E-state index contributed by atoms with van der Waals surface area (Å²) in [4.78, 5) is 13.0. The number of piperidine rings is 2. The average Bonchev–Trinajstić information content (AvgIpc) is 2.05. The molecule has 2 heterocycles. The van der Waals surface area contributed by atoms with E-state index in [1.807, 2.05) is 11.9 Å². The maximum Gasteiger partial charge on any atom is 0.219 e. The van der Waals surface area contributed by atoms with Crippen molar-refractivity contribution in [3.05, 3.63) is 0 Å². The third-order valence-electron chi connectivity index (χ3n) is 3.33. The van der Waals surface area contributed by atoms with Gasteiger partial charge >= 0.3 is 0 Å². The van der Waals surface area contributed by atoms with Crippen molar-refractivity contribution in [1.82, 2.24) is 10.2 Å². The van der Waals surface area contributed by atoms with Gasteiger partial charge in [0, 0.05) is 20.0 Å². The normalized spacial score (nSPS) is 38.7. The third kappa shape index (κ3) is 1.04. The highest BCUT2D eigenvalue weighted by atomic mass is 16.2. The van der Waals surface area contributed by atoms with Crippen LogP contribution in [0.15, 0.2) is 0 Å². The molecule has 0 radical (unpaired) electrons. The standard InChI is InChI=1S/C9H16N2O/c1-6(12)11(2)9-7-3-8(9)5-10-4-7/h7-10H,3-5H2,1-2H3. The van der Waals surface area contributed by atoms with E-state index in [1.54, 1.807) is 6.92 Å². The summed E-state index contributed by atoms with van der Waals surface area (Å²) in [6, 6.07) is 0.531. The lowest BCUT2D eigenvalue weighted by molar-refractivity contribution is -0.137. The summed E-state index contributed by atoms with van der Waals surface area (Å²) in [6.45, 7) is 3.85. The van der Waals surface area contributed by atoms with Crippen molar-refractivity contribution in [2.75, 3.05) is 20.1 Å². The Morgan fingerprint density at radius 1 is 1.42 bits per heavy atom. The maximum atomic E-state index is 11.1. The van der Waals surface area contributed by atoms with Crippen LogP contribution in [-0.2, 0) is 4.79 Å². The zero-order chi connectivity index (χ0) is 8.72. The fourth-order valence-corrected chi connectivity index (χ4v) is 2.56. The zero-order valence-electron chi connectivity index (χ0n) is 7.71. The van der Waals surface area contributed by atoms with Crippen molar-refractivity contribution in [2.45, 2.75) is 19.4 Å². The number of hydrogen-bond donors (Lipinski definition) is 1. The number of carbonyl (C=O) groups is 1. The van der Waals surface area contributed by atoms with Gasteiger partial charge in [-0.1, -0.05) is 0 Å². The molecule has 2 bridgehead atoms. The lowest BCUT2D eigenvalue weighted by Crippen LogP contribution is -2.63. The van der Waals surface area contributed by atoms with E-state index in [2.05, 4.69) is 5.32 Å². The second kappa shape index (κ2) is 2.73. The van der Waals surface area contributed by atoms with Crippen molar-refractivity contribution in [1.29, 1.82) is 0 Å². The molecule has 2 atom stereocenters. The monoisotopic (exact) mass is 168 g/mol. The maximum absolute atomic E-state index is 11.1. The summed E-state index contributed by atoms with van der Waals surface area (Å²) >= 11 is 0. The minimum absolute atomic E-state index is 0.205. The van der Waals surface area contributed by atoms with Crippen LogP contribution in [0.4, 0.5) is 0 Å². The molecule has 0 spiro atoms. The van der Waals surface area contributed by atoms with Gasteiger partial charge in [-0.3, -0.25) is 4.79 Å². The van der Waals surface area contributed by atoms with Crippen LogP contribution in [0.1, 0.15) is 13.3 Å². The van der Waals surface area contributed by atoms with E-state index in [0.29, 0.717) is 6.04 Å². The Hall–Kier alpha value is -0.570. The predicted molar refractivity (Wildman–Crippen MR) is 46.7 cm³/mol. The zero-order valence-corrected chi connectivity index (χ0v) is 7.71. The molecule has 2 unspecified atom stereocenters. The van der Waals surface area contributed by atoms with E-state index in [9.17, 15) is 4.79 Å².